The molecule has 0 saturated carbocycles. The summed E-state index contributed by atoms with van der Waals surface area (Å²) in [6, 6.07) is 0.556. The maximum absolute atomic E-state index is 12.4. The van der Waals surface area contributed by atoms with Crippen molar-refractivity contribution in [2.45, 2.75) is 19.2 Å². The molecule has 0 atom stereocenters. The monoisotopic (exact) mass is 353 g/mol. The highest BCUT2D eigenvalue weighted by atomic mass is 127. The van der Waals surface area contributed by atoms with Gasteiger partial charge in [-0.05, 0) is 28.7 Å². The molecule has 1 heterocycles. The Morgan fingerprint density at radius 3 is 2.31 bits per heavy atom. The van der Waals surface area contributed by atoms with Gasteiger partial charge < -0.3 is 5.11 Å². The minimum absolute atomic E-state index is 0.280. The molecule has 1 rings (SSSR count). The highest BCUT2D eigenvalue weighted by molar-refractivity contribution is 14.1. The minimum Gasteiger partial charge on any atom is -0.390 e. The predicted octanol–water partition coefficient (Wildman–Crippen LogP) is 3.13. The van der Waals surface area contributed by atoms with Gasteiger partial charge in [-0.25, -0.2) is 13.8 Å². The number of hydrogen-bond donors (Lipinski definition) is 1. The quantitative estimate of drug-likeness (QED) is 0.655. The Labute approximate surface area is 101 Å². The number of aliphatic hydroxyl groups excluding tert-OH is 1. The van der Waals surface area contributed by atoms with Crippen molar-refractivity contribution in [3.8, 4) is 0 Å². The van der Waals surface area contributed by atoms with Crippen LogP contribution in [0.5, 0.6) is 0 Å². The molecule has 16 heavy (non-hydrogen) atoms. The Balaban J connectivity index is 3.38. The Bertz CT molecular complexity index is 393. The molecule has 8 heteroatoms. The van der Waals surface area contributed by atoms with Gasteiger partial charge in [0.25, 0.3) is 6.43 Å². The van der Waals surface area contributed by atoms with Gasteiger partial charge in [0.1, 0.15) is 5.69 Å². The predicted molar refractivity (Wildman–Crippen MR) is 52.8 cm³/mol. The van der Waals surface area contributed by atoms with Gasteiger partial charge in [-0.3, -0.25) is 0 Å². The van der Waals surface area contributed by atoms with Crippen molar-refractivity contribution in [2.75, 3.05) is 0 Å². The first kappa shape index (κ1) is 13.6. The number of nitrogens with zero attached hydrogens (tertiary/aromatic N) is 1. The van der Waals surface area contributed by atoms with Crippen LogP contribution >= 0.6 is 22.6 Å². The number of aromatic nitrogens is 1. The third-order valence-electron chi connectivity index (χ3n) is 1.74. The van der Waals surface area contributed by atoms with E-state index in [-0.39, 0.29) is 3.57 Å². The van der Waals surface area contributed by atoms with Crippen molar-refractivity contribution in [1.29, 1.82) is 0 Å². The first-order chi connectivity index (χ1) is 7.27. The zero-order valence-corrected chi connectivity index (χ0v) is 9.68. The van der Waals surface area contributed by atoms with Crippen LogP contribution < -0.4 is 0 Å². The van der Waals surface area contributed by atoms with Crippen molar-refractivity contribution in [2.24, 2.45) is 0 Å². The molecule has 0 unspecified atom stereocenters. The van der Waals surface area contributed by atoms with E-state index in [4.69, 9.17) is 5.11 Å². The molecule has 0 fully saturated rings. The Hall–Kier alpha value is -0.510. The number of rotatable bonds is 2. The summed E-state index contributed by atoms with van der Waals surface area (Å²) in [7, 11) is 0. The maximum atomic E-state index is 12.4. The summed E-state index contributed by atoms with van der Waals surface area (Å²) in [5, 5.41) is 8.67. The van der Waals surface area contributed by atoms with E-state index in [2.05, 4.69) is 4.98 Å². The van der Waals surface area contributed by atoms with Crippen molar-refractivity contribution < 1.29 is 27.1 Å². The summed E-state index contributed by atoms with van der Waals surface area (Å²) in [4.78, 5) is 3.13. The van der Waals surface area contributed by atoms with E-state index in [1.165, 1.54) is 22.6 Å². The van der Waals surface area contributed by atoms with Gasteiger partial charge in [-0.15, -0.1) is 0 Å². The van der Waals surface area contributed by atoms with Gasteiger partial charge in [0.05, 0.1) is 17.9 Å². The van der Waals surface area contributed by atoms with Crippen molar-refractivity contribution in [1.82, 2.24) is 4.98 Å². The molecule has 1 aromatic heterocycles. The number of pyridine rings is 1. The average Bonchev–Trinajstić information content (AvgIpc) is 2.15. The number of halogens is 6. The molecule has 90 valence electrons. The van der Waals surface area contributed by atoms with Crippen molar-refractivity contribution in [3.63, 3.8) is 0 Å². The topological polar surface area (TPSA) is 33.1 Å². The third-order valence-corrected chi connectivity index (χ3v) is 2.61. The van der Waals surface area contributed by atoms with Crippen LogP contribution in [0, 0.1) is 3.57 Å². The average molecular weight is 353 g/mol. The number of aliphatic hydroxyl groups is 1. The largest absolute Gasteiger partial charge is 0.418 e. The van der Waals surface area contributed by atoms with E-state index < -0.39 is 36.2 Å². The Kier molecular flexibility index (Phi) is 4.05. The second kappa shape index (κ2) is 4.78. The molecule has 2 nitrogen and oxygen atoms in total. The second-order valence-corrected chi connectivity index (χ2v) is 3.97. The van der Waals surface area contributed by atoms with Crippen LogP contribution in [0.4, 0.5) is 22.0 Å². The zero-order valence-electron chi connectivity index (χ0n) is 7.52. The standard InChI is InChI=1S/C8H5F5INO/c9-7(10)6-4(14)1-3(8(11,12)13)5(2-16)15-6/h1,7,16H,2H2. The highest BCUT2D eigenvalue weighted by Gasteiger charge is 2.35. The van der Waals surface area contributed by atoms with Crippen LogP contribution in [0.3, 0.4) is 0 Å². The zero-order chi connectivity index (χ0) is 12.5. The fourth-order valence-electron chi connectivity index (χ4n) is 1.06. The first-order valence-electron chi connectivity index (χ1n) is 3.93. The lowest BCUT2D eigenvalue weighted by Gasteiger charge is -2.13. The maximum Gasteiger partial charge on any atom is 0.418 e. The molecule has 0 aliphatic rings. The van der Waals surface area contributed by atoms with E-state index in [9.17, 15) is 22.0 Å². The van der Waals surface area contributed by atoms with E-state index in [1.54, 1.807) is 0 Å². The van der Waals surface area contributed by atoms with Crippen LogP contribution in [-0.4, -0.2) is 10.1 Å². The van der Waals surface area contributed by atoms with Gasteiger partial charge in [0.2, 0.25) is 0 Å². The lowest BCUT2D eigenvalue weighted by molar-refractivity contribution is -0.139. The van der Waals surface area contributed by atoms with Gasteiger partial charge >= 0.3 is 6.18 Å². The smallest absolute Gasteiger partial charge is 0.390 e. The number of hydrogen-bond acceptors (Lipinski definition) is 2. The molecule has 0 radical (unpaired) electrons. The van der Waals surface area contributed by atoms with Crippen LogP contribution in [0.15, 0.2) is 6.07 Å². The van der Waals surface area contributed by atoms with Gasteiger partial charge in [-0.1, -0.05) is 0 Å². The summed E-state index contributed by atoms with van der Waals surface area (Å²) in [6.07, 6.45) is -7.69. The third kappa shape index (κ3) is 2.78. The summed E-state index contributed by atoms with van der Waals surface area (Å²) in [6.45, 7) is -1.04. The van der Waals surface area contributed by atoms with Crippen LogP contribution in [-0.2, 0) is 12.8 Å². The lowest BCUT2D eigenvalue weighted by Crippen LogP contribution is -2.13. The normalized spacial score (nSPS) is 12.2. The summed E-state index contributed by atoms with van der Waals surface area (Å²) in [5.41, 5.74) is -2.73. The molecule has 1 N–H and O–H groups in total. The molecule has 0 saturated heterocycles. The van der Waals surface area contributed by atoms with E-state index in [0.717, 1.165) is 0 Å². The van der Waals surface area contributed by atoms with Gasteiger partial charge in [0.15, 0.2) is 0 Å². The SMILES string of the molecule is OCc1nc(C(F)F)c(I)cc1C(F)(F)F. The van der Waals surface area contributed by atoms with Crippen LogP contribution in [0.2, 0.25) is 0 Å². The van der Waals surface area contributed by atoms with Gasteiger partial charge in [0, 0.05) is 3.57 Å². The van der Waals surface area contributed by atoms with Gasteiger partial charge in [-0.2, -0.15) is 13.2 Å². The van der Waals surface area contributed by atoms with E-state index >= 15 is 0 Å². The molecule has 0 aliphatic heterocycles. The van der Waals surface area contributed by atoms with Crippen LogP contribution in [0.1, 0.15) is 23.4 Å². The molecule has 1 aromatic rings. The molecule has 0 bridgehead atoms. The highest BCUT2D eigenvalue weighted by Crippen LogP contribution is 2.34. The summed E-state index contributed by atoms with van der Waals surface area (Å²) < 4.78 is 61.6. The molecule has 0 aliphatic carbocycles. The fourth-order valence-corrected chi connectivity index (χ4v) is 1.73. The van der Waals surface area contributed by atoms with Crippen molar-refractivity contribution in [3.05, 3.63) is 26.6 Å². The molecule has 0 aromatic carbocycles. The molecule has 0 amide bonds. The Morgan fingerprint density at radius 1 is 1.38 bits per heavy atom. The van der Waals surface area contributed by atoms with Crippen LogP contribution in [0.25, 0.3) is 0 Å². The molecular weight excluding hydrogens is 348 g/mol. The molecule has 0 spiro atoms. The number of alkyl halides is 5. The van der Waals surface area contributed by atoms with E-state index in [0.29, 0.717) is 6.07 Å². The first-order valence-corrected chi connectivity index (χ1v) is 5.00. The summed E-state index contributed by atoms with van der Waals surface area (Å²) in [5.74, 6) is 0. The summed E-state index contributed by atoms with van der Waals surface area (Å²) >= 11 is 1.35. The molecular formula is C8H5F5INO. The minimum atomic E-state index is -4.72. The van der Waals surface area contributed by atoms with E-state index in [1.807, 2.05) is 0 Å². The lowest BCUT2D eigenvalue weighted by atomic mass is 10.1. The Morgan fingerprint density at radius 2 is 1.94 bits per heavy atom. The fraction of sp³-hybridized carbons (Fsp3) is 0.375. The second-order valence-electron chi connectivity index (χ2n) is 2.81. The van der Waals surface area contributed by atoms with Crippen molar-refractivity contribution >= 4 is 22.6 Å².